The fourth-order valence-electron chi connectivity index (χ4n) is 2.30. The van der Waals surface area contributed by atoms with E-state index in [2.05, 4.69) is 58.4 Å². The zero-order valence-corrected chi connectivity index (χ0v) is 14.0. The number of hydrogen-bond acceptors (Lipinski definition) is 2. The quantitative estimate of drug-likeness (QED) is 0.637. The van der Waals surface area contributed by atoms with Crippen molar-refractivity contribution in [3.8, 4) is 0 Å². The van der Waals surface area contributed by atoms with E-state index in [-0.39, 0.29) is 0 Å². The van der Waals surface area contributed by atoms with Gasteiger partial charge in [-0.3, -0.25) is 0 Å². The summed E-state index contributed by atoms with van der Waals surface area (Å²) < 4.78 is 0.987. The molecule has 0 heterocycles. The molecule has 0 amide bonds. The van der Waals surface area contributed by atoms with Gasteiger partial charge in [0.2, 0.25) is 0 Å². The topological polar surface area (TPSA) is 20.2 Å². The van der Waals surface area contributed by atoms with Crippen molar-refractivity contribution in [3.05, 3.63) is 70.7 Å². The first-order valence-electron chi connectivity index (χ1n) is 6.77. The molecule has 1 atom stereocenters. The van der Waals surface area contributed by atoms with Crippen molar-refractivity contribution in [2.24, 2.45) is 0 Å². The second kappa shape index (κ2) is 6.22. The average molecular weight is 359 g/mol. The van der Waals surface area contributed by atoms with Crippen LogP contribution in [0.2, 0.25) is 0 Å². The molecule has 0 saturated heterocycles. The maximum absolute atomic E-state index is 9.94. The fraction of sp³-hybridized carbons (Fsp3) is 0.111. The van der Waals surface area contributed by atoms with Gasteiger partial charge in [0.1, 0.15) is 0 Å². The van der Waals surface area contributed by atoms with Crippen molar-refractivity contribution in [1.82, 2.24) is 0 Å². The summed E-state index contributed by atoms with van der Waals surface area (Å²) in [6, 6.07) is 20.8. The SMILES string of the molecule is CC(O)c1cc(Br)ccc1Sc1ccc2ccccc2c1. The largest absolute Gasteiger partial charge is 0.389 e. The zero-order chi connectivity index (χ0) is 14.8. The van der Waals surface area contributed by atoms with Gasteiger partial charge in [0.25, 0.3) is 0 Å². The molecule has 0 saturated carbocycles. The van der Waals surface area contributed by atoms with E-state index in [1.54, 1.807) is 18.7 Å². The molecular weight excluding hydrogens is 344 g/mol. The molecule has 0 aliphatic rings. The molecule has 1 unspecified atom stereocenters. The molecule has 0 aliphatic carbocycles. The van der Waals surface area contributed by atoms with Crippen LogP contribution in [0.15, 0.2) is 74.9 Å². The van der Waals surface area contributed by atoms with Crippen molar-refractivity contribution in [2.45, 2.75) is 22.8 Å². The molecule has 0 aromatic heterocycles. The molecule has 3 aromatic carbocycles. The summed E-state index contributed by atoms with van der Waals surface area (Å²) in [5, 5.41) is 12.4. The van der Waals surface area contributed by atoms with Crippen LogP contribution >= 0.6 is 27.7 Å². The number of hydrogen-bond donors (Lipinski definition) is 1. The van der Waals surface area contributed by atoms with Crippen LogP contribution in [0, 0.1) is 0 Å². The van der Waals surface area contributed by atoms with Gasteiger partial charge in [-0.2, -0.15) is 0 Å². The Morgan fingerprint density at radius 3 is 2.48 bits per heavy atom. The van der Waals surface area contributed by atoms with Gasteiger partial charge in [0, 0.05) is 14.3 Å². The van der Waals surface area contributed by atoms with E-state index < -0.39 is 6.10 Å². The van der Waals surface area contributed by atoms with Crippen molar-refractivity contribution >= 4 is 38.5 Å². The third-order valence-electron chi connectivity index (χ3n) is 3.37. The van der Waals surface area contributed by atoms with Gasteiger partial charge in [-0.15, -0.1) is 0 Å². The van der Waals surface area contributed by atoms with Crippen molar-refractivity contribution in [2.75, 3.05) is 0 Å². The number of aliphatic hydroxyl groups is 1. The van der Waals surface area contributed by atoms with Crippen LogP contribution in [-0.2, 0) is 0 Å². The van der Waals surface area contributed by atoms with Gasteiger partial charge in [-0.1, -0.05) is 58.0 Å². The summed E-state index contributed by atoms with van der Waals surface area (Å²) >= 11 is 5.15. The van der Waals surface area contributed by atoms with Crippen LogP contribution in [0.25, 0.3) is 10.8 Å². The van der Waals surface area contributed by atoms with Crippen LogP contribution in [-0.4, -0.2) is 5.11 Å². The highest BCUT2D eigenvalue weighted by molar-refractivity contribution is 9.10. The summed E-state index contributed by atoms with van der Waals surface area (Å²) in [7, 11) is 0. The van der Waals surface area contributed by atoms with Crippen molar-refractivity contribution in [1.29, 1.82) is 0 Å². The summed E-state index contributed by atoms with van der Waals surface area (Å²) in [5.74, 6) is 0. The Bertz CT molecular complexity index is 783. The lowest BCUT2D eigenvalue weighted by molar-refractivity contribution is 0.196. The Morgan fingerprint density at radius 1 is 0.952 bits per heavy atom. The number of halogens is 1. The summed E-state index contributed by atoms with van der Waals surface area (Å²) in [4.78, 5) is 2.27. The van der Waals surface area contributed by atoms with E-state index >= 15 is 0 Å². The molecule has 3 aromatic rings. The van der Waals surface area contributed by atoms with E-state index in [0.717, 1.165) is 14.9 Å². The lowest BCUT2D eigenvalue weighted by Crippen LogP contribution is -1.94. The van der Waals surface area contributed by atoms with E-state index in [0.29, 0.717) is 0 Å². The first kappa shape index (κ1) is 14.6. The third kappa shape index (κ3) is 3.31. The minimum Gasteiger partial charge on any atom is -0.389 e. The van der Waals surface area contributed by atoms with Gasteiger partial charge < -0.3 is 5.11 Å². The van der Waals surface area contributed by atoms with E-state index in [1.807, 2.05) is 18.2 Å². The van der Waals surface area contributed by atoms with Crippen LogP contribution in [0.5, 0.6) is 0 Å². The number of rotatable bonds is 3. The predicted molar refractivity (Wildman–Crippen MR) is 92.8 cm³/mol. The molecule has 21 heavy (non-hydrogen) atoms. The second-order valence-electron chi connectivity index (χ2n) is 4.97. The summed E-state index contributed by atoms with van der Waals surface area (Å²) in [6.45, 7) is 1.80. The molecule has 0 fully saturated rings. The normalized spacial score (nSPS) is 12.5. The molecule has 0 aliphatic heterocycles. The molecule has 3 rings (SSSR count). The van der Waals surface area contributed by atoms with Crippen LogP contribution < -0.4 is 0 Å². The van der Waals surface area contributed by atoms with E-state index in [9.17, 15) is 5.11 Å². The highest BCUT2D eigenvalue weighted by atomic mass is 79.9. The summed E-state index contributed by atoms with van der Waals surface area (Å²) in [6.07, 6.45) is -0.481. The number of fused-ring (bicyclic) bond motifs is 1. The first-order chi connectivity index (χ1) is 10.1. The molecule has 1 N–H and O–H groups in total. The Balaban J connectivity index is 1.98. The standard InChI is InChI=1S/C18H15BrOS/c1-12(20)17-11-15(19)7-9-18(17)21-16-8-6-13-4-2-3-5-14(13)10-16/h2-12,20H,1H3. The lowest BCUT2D eigenvalue weighted by atomic mass is 10.1. The minimum atomic E-state index is -0.481. The number of benzene rings is 3. The van der Waals surface area contributed by atoms with Gasteiger partial charge >= 0.3 is 0 Å². The third-order valence-corrected chi connectivity index (χ3v) is 4.95. The molecule has 1 nitrogen and oxygen atoms in total. The Kier molecular flexibility index (Phi) is 4.34. The Hall–Kier alpha value is -1.29. The van der Waals surface area contributed by atoms with Crippen molar-refractivity contribution < 1.29 is 5.11 Å². The zero-order valence-electron chi connectivity index (χ0n) is 11.6. The second-order valence-corrected chi connectivity index (χ2v) is 7.00. The molecular formula is C18H15BrOS. The van der Waals surface area contributed by atoms with Crippen LogP contribution in [0.3, 0.4) is 0 Å². The maximum Gasteiger partial charge on any atom is 0.0773 e. The lowest BCUT2D eigenvalue weighted by Gasteiger charge is -2.12. The van der Waals surface area contributed by atoms with Gasteiger partial charge in [0.15, 0.2) is 0 Å². The Labute approximate surface area is 137 Å². The molecule has 106 valence electrons. The highest BCUT2D eigenvalue weighted by Crippen LogP contribution is 2.36. The molecule has 0 spiro atoms. The van der Waals surface area contributed by atoms with Crippen LogP contribution in [0.4, 0.5) is 0 Å². The number of aliphatic hydroxyl groups excluding tert-OH is 1. The van der Waals surface area contributed by atoms with E-state index in [1.165, 1.54) is 15.7 Å². The molecule has 0 bridgehead atoms. The van der Waals surface area contributed by atoms with Crippen molar-refractivity contribution in [3.63, 3.8) is 0 Å². The maximum atomic E-state index is 9.94. The average Bonchev–Trinajstić information content (AvgIpc) is 2.49. The molecule has 3 heteroatoms. The van der Waals surface area contributed by atoms with Crippen LogP contribution in [0.1, 0.15) is 18.6 Å². The summed E-state index contributed by atoms with van der Waals surface area (Å²) in [5.41, 5.74) is 0.947. The van der Waals surface area contributed by atoms with Gasteiger partial charge in [0.05, 0.1) is 6.10 Å². The first-order valence-corrected chi connectivity index (χ1v) is 8.38. The minimum absolute atomic E-state index is 0.481. The fourth-order valence-corrected chi connectivity index (χ4v) is 3.73. The Morgan fingerprint density at radius 2 is 1.71 bits per heavy atom. The predicted octanol–water partition coefficient (Wildman–Crippen LogP) is 5.81. The highest BCUT2D eigenvalue weighted by Gasteiger charge is 2.10. The smallest absolute Gasteiger partial charge is 0.0773 e. The monoisotopic (exact) mass is 358 g/mol. The molecule has 0 radical (unpaired) electrons. The van der Waals surface area contributed by atoms with E-state index in [4.69, 9.17) is 0 Å². The van der Waals surface area contributed by atoms with Gasteiger partial charge in [-0.25, -0.2) is 0 Å². The van der Waals surface area contributed by atoms with Gasteiger partial charge in [-0.05, 0) is 53.6 Å².